The molecule has 0 radical (unpaired) electrons. The molecule has 2 aromatic carbocycles. The van der Waals surface area contributed by atoms with Crippen molar-refractivity contribution in [2.75, 3.05) is 39.6 Å². The molecule has 1 aliphatic rings. The molecule has 1 saturated heterocycles. The number of rotatable bonds is 13. The van der Waals surface area contributed by atoms with E-state index in [1.807, 2.05) is 42.1 Å². The van der Waals surface area contributed by atoms with Gasteiger partial charge in [0.25, 0.3) is 0 Å². The number of hydrogen-bond donors (Lipinski definition) is 2. The Morgan fingerprint density at radius 1 is 1.15 bits per heavy atom. The summed E-state index contributed by atoms with van der Waals surface area (Å²) in [5.74, 6) is 1.76. The van der Waals surface area contributed by atoms with Crippen LogP contribution in [0.5, 0.6) is 11.5 Å². The number of ether oxygens (including phenoxy) is 2. The number of aliphatic hydroxyl groups excluding tert-OH is 1. The topological polar surface area (TPSA) is 92.1 Å². The van der Waals surface area contributed by atoms with Crippen LogP contribution >= 0.6 is 23.4 Å². The van der Waals surface area contributed by atoms with Crippen LogP contribution in [0.15, 0.2) is 53.6 Å². The number of carboxylic acids is 1. The number of hydrogen-bond acceptors (Lipinski definition) is 7. The number of nitrogens with zero attached hydrogens (tertiary/aromatic N) is 2. The minimum atomic E-state index is -0.826. The van der Waals surface area contributed by atoms with Gasteiger partial charge >= 0.3 is 5.97 Å². The molecule has 0 aliphatic carbocycles. The smallest absolute Gasteiger partial charge is 0.303 e. The summed E-state index contributed by atoms with van der Waals surface area (Å²) in [5.41, 5.74) is 1.01. The van der Waals surface area contributed by atoms with Gasteiger partial charge in [-0.25, -0.2) is 0 Å². The number of aliphatic carboxylic acids is 1. The Morgan fingerprint density at radius 2 is 1.90 bits per heavy atom. The highest BCUT2D eigenvalue weighted by molar-refractivity contribution is 7.99. The summed E-state index contributed by atoms with van der Waals surface area (Å²) in [7, 11) is 3.27. The first-order chi connectivity index (χ1) is 18.8. The van der Waals surface area contributed by atoms with Crippen LogP contribution in [-0.4, -0.2) is 65.7 Å². The molecule has 4 rings (SSSR count). The third-order valence-electron chi connectivity index (χ3n) is 7.72. The molecule has 39 heavy (non-hydrogen) atoms. The van der Waals surface area contributed by atoms with Crippen molar-refractivity contribution in [1.29, 1.82) is 0 Å². The standard InChI is InChI=1S/C30H37ClN2O5S/c1-37-21-5-3-6-23(17-21)39-16-4-13-33-14-11-30(12-15-33,19-28(35)36)10-9-27(34)29-24-18-22(38-2)7-8-26(24)32-20-25(29)31/h3,5-8,17-18,20,27,34H,4,9-16,19H2,1-2H3,(H,35,36). The molecule has 2 heterocycles. The molecule has 9 heteroatoms. The number of benzene rings is 2. The first-order valence-electron chi connectivity index (χ1n) is 13.3. The van der Waals surface area contributed by atoms with Crippen LogP contribution in [0, 0.1) is 5.41 Å². The molecule has 0 bridgehead atoms. The quantitative estimate of drug-likeness (QED) is 0.178. The number of pyridine rings is 1. The van der Waals surface area contributed by atoms with Crippen molar-refractivity contribution in [1.82, 2.24) is 9.88 Å². The third-order valence-corrected chi connectivity index (χ3v) is 9.10. The SMILES string of the molecule is COc1cccc(SCCCN2CCC(CCC(O)c3c(Cl)cnc4ccc(OC)cc34)(CC(=O)O)CC2)c1. The van der Waals surface area contributed by atoms with Crippen LogP contribution in [0.25, 0.3) is 10.9 Å². The van der Waals surface area contributed by atoms with Crippen LogP contribution < -0.4 is 9.47 Å². The lowest BCUT2D eigenvalue weighted by atomic mass is 9.71. The fraction of sp³-hybridized carbons (Fsp3) is 0.467. The fourth-order valence-electron chi connectivity index (χ4n) is 5.48. The van der Waals surface area contributed by atoms with Gasteiger partial charge in [0, 0.05) is 22.0 Å². The Kier molecular flexibility index (Phi) is 10.4. The Hall–Kier alpha value is -2.52. The number of carbonyl (C=O) groups is 1. The Balaban J connectivity index is 1.33. The largest absolute Gasteiger partial charge is 0.497 e. The van der Waals surface area contributed by atoms with Crippen molar-refractivity contribution in [2.24, 2.45) is 5.41 Å². The first kappa shape index (κ1) is 29.5. The molecule has 3 aromatic rings. The van der Waals surface area contributed by atoms with Crippen LogP contribution in [0.2, 0.25) is 5.02 Å². The summed E-state index contributed by atoms with van der Waals surface area (Å²) in [6.45, 7) is 2.72. The van der Waals surface area contributed by atoms with E-state index in [1.54, 1.807) is 20.4 Å². The summed E-state index contributed by atoms with van der Waals surface area (Å²) in [5, 5.41) is 22.1. The predicted molar refractivity (Wildman–Crippen MR) is 156 cm³/mol. The molecular formula is C30H37ClN2O5S. The highest BCUT2D eigenvalue weighted by Gasteiger charge is 2.37. The van der Waals surface area contributed by atoms with E-state index in [0.717, 1.165) is 61.3 Å². The number of methoxy groups -OCH3 is 2. The summed E-state index contributed by atoms with van der Waals surface area (Å²) in [4.78, 5) is 19.8. The van der Waals surface area contributed by atoms with Crippen molar-refractivity contribution in [3.63, 3.8) is 0 Å². The number of fused-ring (bicyclic) bond motifs is 1. The van der Waals surface area contributed by atoms with Crippen LogP contribution in [0.1, 0.15) is 50.2 Å². The lowest BCUT2D eigenvalue weighted by Crippen LogP contribution is -2.41. The van der Waals surface area contributed by atoms with Gasteiger partial charge in [-0.3, -0.25) is 9.78 Å². The van der Waals surface area contributed by atoms with E-state index in [-0.39, 0.29) is 11.8 Å². The van der Waals surface area contributed by atoms with E-state index >= 15 is 0 Å². The van der Waals surface area contributed by atoms with Crippen LogP contribution in [0.3, 0.4) is 0 Å². The van der Waals surface area contributed by atoms with Crippen LogP contribution in [0.4, 0.5) is 0 Å². The van der Waals surface area contributed by atoms with Crippen molar-refractivity contribution < 1.29 is 24.5 Å². The molecule has 210 valence electrons. The van der Waals surface area contributed by atoms with E-state index < -0.39 is 12.1 Å². The van der Waals surface area contributed by atoms with Gasteiger partial charge in [0.15, 0.2) is 0 Å². The maximum Gasteiger partial charge on any atom is 0.303 e. The van der Waals surface area contributed by atoms with E-state index in [1.165, 1.54) is 4.90 Å². The second-order valence-electron chi connectivity index (χ2n) is 10.3. The first-order valence-corrected chi connectivity index (χ1v) is 14.7. The molecule has 0 spiro atoms. The number of halogens is 1. The Bertz CT molecular complexity index is 1270. The number of carboxylic acid groups (broad SMARTS) is 1. The van der Waals surface area contributed by atoms with Crippen molar-refractivity contribution in [2.45, 2.75) is 49.5 Å². The minimum absolute atomic E-state index is 0.109. The molecule has 2 N–H and O–H groups in total. The molecule has 1 unspecified atom stereocenters. The summed E-state index contributed by atoms with van der Waals surface area (Å²) in [6.07, 6.45) is 4.55. The second kappa shape index (κ2) is 13.7. The van der Waals surface area contributed by atoms with Gasteiger partial charge < -0.3 is 24.6 Å². The zero-order chi connectivity index (χ0) is 27.8. The van der Waals surface area contributed by atoms with E-state index in [9.17, 15) is 15.0 Å². The average molecular weight is 573 g/mol. The van der Waals surface area contributed by atoms with Gasteiger partial charge in [-0.15, -0.1) is 11.8 Å². The van der Waals surface area contributed by atoms with Gasteiger partial charge in [0.05, 0.1) is 37.3 Å². The molecular weight excluding hydrogens is 536 g/mol. The highest BCUT2D eigenvalue weighted by atomic mass is 35.5. The van der Waals surface area contributed by atoms with Gasteiger partial charge in [0.2, 0.25) is 0 Å². The molecule has 0 saturated carbocycles. The molecule has 0 amide bonds. The Labute approximate surface area is 239 Å². The lowest BCUT2D eigenvalue weighted by molar-refractivity contribution is -0.141. The van der Waals surface area contributed by atoms with Gasteiger partial charge in [-0.2, -0.15) is 0 Å². The van der Waals surface area contributed by atoms with E-state index in [2.05, 4.69) is 22.0 Å². The zero-order valence-electron chi connectivity index (χ0n) is 22.6. The number of aromatic nitrogens is 1. The maximum atomic E-state index is 11.8. The zero-order valence-corrected chi connectivity index (χ0v) is 24.1. The normalized spacial score (nSPS) is 16.2. The van der Waals surface area contributed by atoms with Crippen molar-refractivity contribution in [3.8, 4) is 11.5 Å². The summed E-state index contributed by atoms with van der Waals surface area (Å²) < 4.78 is 10.7. The van der Waals surface area contributed by atoms with E-state index in [4.69, 9.17) is 21.1 Å². The predicted octanol–water partition coefficient (Wildman–Crippen LogP) is 6.46. The molecule has 7 nitrogen and oxygen atoms in total. The van der Waals surface area contributed by atoms with E-state index in [0.29, 0.717) is 29.2 Å². The fourth-order valence-corrected chi connectivity index (χ4v) is 6.64. The second-order valence-corrected chi connectivity index (χ2v) is 11.8. The number of piperidine rings is 1. The number of aliphatic hydroxyl groups is 1. The summed E-state index contributed by atoms with van der Waals surface area (Å²) >= 11 is 8.32. The van der Waals surface area contributed by atoms with Crippen LogP contribution in [-0.2, 0) is 4.79 Å². The molecule has 1 fully saturated rings. The molecule has 1 atom stereocenters. The lowest BCUT2D eigenvalue weighted by Gasteiger charge is -2.41. The average Bonchev–Trinajstić information content (AvgIpc) is 2.94. The van der Waals surface area contributed by atoms with Gasteiger partial charge in [0.1, 0.15) is 11.5 Å². The summed E-state index contributed by atoms with van der Waals surface area (Å²) in [6, 6.07) is 13.6. The third kappa shape index (κ3) is 7.78. The number of thioether (sulfide) groups is 1. The maximum absolute atomic E-state index is 11.8. The minimum Gasteiger partial charge on any atom is -0.497 e. The monoisotopic (exact) mass is 572 g/mol. The van der Waals surface area contributed by atoms with Gasteiger partial charge in [-0.05, 0) is 99.3 Å². The molecule has 1 aromatic heterocycles. The Morgan fingerprint density at radius 3 is 2.62 bits per heavy atom. The van der Waals surface area contributed by atoms with Crippen molar-refractivity contribution >= 4 is 40.2 Å². The van der Waals surface area contributed by atoms with Crippen molar-refractivity contribution in [3.05, 3.63) is 59.2 Å². The highest BCUT2D eigenvalue weighted by Crippen LogP contribution is 2.43. The molecule has 1 aliphatic heterocycles. The van der Waals surface area contributed by atoms with Gasteiger partial charge in [-0.1, -0.05) is 17.7 Å². The number of likely N-dealkylation sites (tertiary alicyclic amines) is 1.